The number of pyridine rings is 1. The summed E-state index contributed by atoms with van der Waals surface area (Å²) in [7, 11) is 0. The van der Waals surface area contributed by atoms with Crippen LogP contribution in [0, 0.1) is 6.92 Å². The number of carbonyl (C=O) groups excluding carboxylic acids is 1. The topological polar surface area (TPSA) is 108 Å². The molecule has 0 saturated heterocycles. The maximum absolute atomic E-state index is 12.9. The van der Waals surface area contributed by atoms with Crippen molar-refractivity contribution >= 4 is 34.0 Å². The van der Waals surface area contributed by atoms with Gasteiger partial charge in [-0.15, -0.1) is 0 Å². The van der Waals surface area contributed by atoms with E-state index in [-0.39, 0.29) is 5.91 Å². The first kappa shape index (κ1) is 19.4. The zero-order valence-electron chi connectivity index (χ0n) is 17.2. The van der Waals surface area contributed by atoms with E-state index in [4.69, 9.17) is 0 Å². The van der Waals surface area contributed by atoms with Crippen LogP contribution in [0.25, 0.3) is 22.2 Å². The molecule has 8 heteroatoms. The van der Waals surface area contributed by atoms with E-state index in [0.29, 0.717) is 17.1 Å². The fourth-order valence-electron chi connectivity index (χ4n) is 3.41. The molecule has 0 atom stereocenters. The summed E-state index contributed by atoms with van der Waals surface area (Å²) in [5.74, 6) is 0.449. The summed E-state index contributed by atoms with van der Waals surface area (Å²) in [6.45, 7) is 1.98. The summed E-state index contributed by atoms with van der Waals surface area (Å²) in [4.78, 5) is 25.7. The number of anilines is 3. The summed E-state index contributed by atoms with van der Waals surface area (Å²) < 4.78 is 0. The number of hydrogen-bond donors (Lipinski definition) is 3. The minimum atomic E-state index is -0.201. The third kappa shape index (κ3) is 3.89. The van der Waals surface area contributed by atoms with E-state index in [1.54, 1.807) is 24.7 Å². The van der Waals surface area contributed by atoms with E-state index in [0.717, 1.165) is 33.4 Å². The smallest absolute Gasteiger partial charge is 0.255 e. The van der Waals surface area contributed by atoms with Gasteiger partial charge in [-0.25, -0.2) is 15.0 Å². The quantitative estimate of drug-likeness (QED) is 0.379. The molecule has 156 valence electrons. The standard InChI is InChI=1S/C24H19N7O/c1-15-4-5-16(24(32)29-18-6-7-20-17(11-18)13-28-31-20)12-22(15)30-23-19(3-2-9-26-23)21-8-10-25-14-27-21/h2-14H,1H3,(H,26,30)(H,28,31)(H,29,32). The Morgan fingerprint density at radius 2 is 1.94 bits per heavy atom. The zero-order valence-corrected chi connectivity index (χ0v) is 17.2. The van der Waals surface area contributed by atoms with Gasteiger partial charge < -0.3 is 10.6 Å². The molecule has 5 aromatic rings. The fourth-order valence-corrected chi connectivity index (χ4v) is 3.41. The van der Waals surface area contributed by atoms with Crippen LogP contribution in [0.3, 0.4) is 0 Å². The van der Waals surface area contributed by atoms with Crippen molar-refractivity contribution in [3.8, 4) is 11.3 Å². The summed E-state index contributed by atoms with van der Waals surface area (Å²) in [6.07, 6.45) is 6.63. The van der Waals surface area contributed by atoms with Gasteiger partial charge in [-0.2, -0.15) is 5.10 Å². The van der Waals surface area contributed by atoms with Crippen LogP contribution in [0.2, 0.25) is 0 Å². The van der Waals surface area contributed by atoms with Crippen LogP contribution in [0.5, 0.6) is 0 Å². The monoisotopic (exact) mass is 421 g/mol. The van der Waals surface area contributed by atoms with Crippen LogP contribution in [-0.4, -0.2) is 31.1 Å². The molecule has 0 fully saturated rings. The fraction of sp³-hybridized carbons (Fsp3) is 0.0417. The van der Waals surface area contributed by atoms with Gasteiger partial charge in [0.05, 0.1) is 17.4 Å². The Labute approximate surface area is 183 Å². The highest BCUT2D eigenvalue weighted by Crippen LogP contribution is 2.28. The minimum Gasteiger partial charge on any atom is -0.339 e. The third-order valence-electron chi connectivity index (χ3n) is 5.12. The number of benzene rings is 2. The molecule has 0 unspecified atom stereocenters. The molecule has 3 N–H and O–H groups in total. The first-order valence-electron chi connectivity index (χ1n) is 10.0. The predicted molar refractivity (Wildman–Crippen MR) is 124 cm³/mol. The first-order chi connectivity index (χ1) is 15.7. The van der Waals surface area contributed by atoms with Crippen molar-refractivity contribution in [2.45, 2.75) is 6.92 Å². The predicted octanol–water partition coefficient (Wildman–Crippen LogP) is 4.72. The average Bonchev–Trinajstić information content (AvgIpc) is 3.29. The van der Waals surface area contributed by atoms with Gasteiger partial charge in [-0.1, -0.05) is 6.07 Å². The Bertz CT molecular complexity index is 1410. The number of aromatic amines is 1. The van der Waals surface area contributed by atoms with Crippen LogP contribution in [0.4, 0.5) is 17.2 Å². The molecule has 3 aromatic heterocycles. The van der Waals surface area contributed by atoms with E-state index >= 15 is 0 Å². The van der Waals surface area contributed by atoms with Gasteiger partial charge in [0.25, 0.3) is 5.91 Å². The molecule has 3 heterocycles. The number of H-pyrrole nitrogens is 1. The number of fused-ring (bicyclic) bond motifs is 1. The Morgan fingerprint density at radius 1 is 1.00 bits per heavy atom. The largest absolute Gasteiger partial charge is 0.339 e. The number of rotatable bonds is 5. The first-order valence-corrected chi connectivity index (χ1v) is 10.0. The molecule has 32 heavy (non-hydrogen) atoms. The molecule has 2 aromatic carbocycles. The molecule has 0 radical (unpaired) electrons. The Kier molecular flexibility index (Phi) is 5.01. The van der Waals surface area contributed by atoms with E-state index in [1.807, 2.05) is 55.5 Å². The lowest BCUT2D eigenvalue weighted by molar-refractivity contribution is 0.102. The van der Waals surface area contributed by atoms with Crippen LogP contribution >= 0.6 is 0 Å². The second-order valence-electron chi connectivity index (χ2n) is 7.28. The number of nitrogens with one attached hydrogen (secondary N) is 3. The molecule has 0 saturated carbocycles. The van der Waals surface area contributed by atoms with Crippen molar-refractivity contribution in [1.82, 2.24) is 25.1 Å². The van der Waals surface area contributed by atoms with E-state index in [9.17, 15) is 4.79 Å². The number of amides is 1. The molecular formula is C24H19N7O. The van der Waals surface area contributed by atoms with Crippen molar-refractivity contribution in [3.63, 3.8) is 0 Å². The van der Waals surface area contributed by atoms with Crippen molar-refractivity contribution < 1.29 is 4.79 Å². The lowest BCUT2D eigenvalue weighted by atomic mass is 10.1. The van der Waals surface area contributed by atoms with Crippen molar-refractivity contribution in [2.24, 2.45) is 0 Å². The van der Waals surface area contributed by atoms with Gasteiger partial charge in [-0.05, 0) is 61.0 Å². The maximum Gasteiger partial charge on any atom is 0.255 e. The van der Waals surface area contributed by atoms with Gasteiger partial charge in [0, 0.05) is 40.3 Å². The van der Waals surface area contributed by atoms with Crippen molar-refractivity contribution in [3.05, 3.63) is 90.6 Å². The number of aromatic nitrogens is 5. The molecule has 1 amide bonds. The van der Waals surface area contributed by atoms with E-state index in [2.05, 4.69) is 35.8 Å². The second-order valence-corrected chi connectivity index (χ2v) is 7.28. The van der Waals surface area contributed by atoms with Crippen LogP contribution in [0.15, 0.2) is 79.5 Å². The Morgan fingerprint density at radius 3 is 2.81 bits per heavy atom. The average molecular weight is 421 g/mol. The Balaban J connectivity index is 1.41. The normalized spacial score (nSPS) is 10.8. The van der Waals surface area contributed by atoms with E-state index in [1.165, 1.54) is 6.33 Å². The Hall–Kier alpha value is -4.59. The van der Waals surface area contributed by atoms with Gasteiger partial charge in [0.2, 0.25) is 0 Å². The van der Waals surface area contributed by atoms with Crippen LogP contribution < -0.4 is 10.6 Å². The van der Waals surface area contributed by atoms with Gasteiger partial charge >= 0.3 is 0 Å². The van der Waals surface area contributed by atoms with Gasteiger partial charge in [0.1, 0.15) is 12.1 Å². The van der Waals surface area contributed by atoms with Crippen molar-refractivity contribution in [2.75, 3.05) is 10.6 Å². The van der Waals surface area contributed by atoms with Crippen LogP contribution in [-0.2, 0) is 0 Å². The third-order valence-corrected chi connectivity index (χ3v) is 5.12. The number of carbonyl (C=O) groups is 1. The molecule has 0 bridgehead atoms. The molecule has 8 nitrogen and oxygen atoms in total. The lowest BCUT2D eigenvalue weighted by Crippen LogP contribution is -2.12. The van der Waals surface area contributed by atoms with Crippen LogP contribution in [0.1, 0.15) is 15.9 Å². The highest BCUT2D eigenvalue weighted by atomic mass is 16.1. The zero-order chi connectivity index (χ0) is 21.9. The van der Waals surface area contributed by atoms with Gasteiger partial charge in [0.15, 0.2) is 0 Å². The number of nitrogens with zero attached hydrogens (tertiary/aromatic N) is 4. The highest BCUT2D eigenvalue weighted by molar-refractivity contribution is 6.05. The molecule has 0 aliphatic carbocycles. The molecule has 5 rings (SSSR count). The second kappa shape index (κ2) is 8.27. The molecule has 0 spiro atoms. The SMILES string of the molecule is Cc1ccc(C(=O)Nc2ccc3[nH]ncc3c2)cc1Nc1ncccc1-c1ccncn1. The molecule has 0 aliphatic rings. The number of hydrogen-bond acceptors (Lipinski definition) is 6. The molecule has 0 aliphatic heterocycles. The summed E-state index contributed by atoms with van der Waals surface area (Å²) in [5.41, 5.74) is 5.53. The maximum atomic E-state index is 12.9. The highest BCUT2D eigenvalue weighted by Gasteiger charge is 2.12. The lowest BCUT2D eigenvalue weighted by Gasteiger charge is -2.14. The summed E-state index contributed by atoms with van der Waals surface area (Å²) in [6, 6.07) is 16.8. The van der Waals surface area contributed by atoms with E-state index < -0.39 is 0 Å². The van der Waals surface area contributed by atoms with Gasteiger partial charge in [-0.3, -0.25) is 9.89 Å². The van der Waals surface area contributed by atoms with Crippen molar-refractivity contribution in [1.29, 1.82) is 0 Å². The summed E-state index contributed by atoms with van der Waals surface area (Å²) >= 11 is 0. The minimum absolute atomic E-state index is 0.201. The summed E-state index contributed by atoms with van der Waals surface area (Å²) in [5, 5.41) is 14.1. The number of aryl methyl sites for hydroxylation is 1. The molecular weight excluding hydrogens is 402 g/mol.